The van der Waals surface area contributed by atoms with Crippen molar-refractivity contribution in [3.8, 4) is 0 Å². The van der Waals surface area contributed by atoms with Gasteiger partial charge in [0, 0.05) is 11.1 Å². The van der Waals surface area contributed by atoms with E-state index in [9.17, 15) is 9.59 Å². The first kappa shape index (κ1) is 15.0. The summed E-state index contributed by atoms with van der Waals surface area (Å²) in [5, 5.41) is 16.5. The first-order valence-corrected chi connectivity index (χ1v) is 7.20. The second-order valence-electron chi connectivity index (χ2n) is 4.70. The predicted octanol–water partition coefficient (Wildman–Crippen LogP) is 3.61. The zero-order chi connectivity index (χ0) is 15.4. The van der Waals surface area contributed by atoms with Crippen molar-refractivity contribution in [1.82, 2.24) is 4.98 Å². The molecule has 2 aromatic rings. The molecular weight excluding hydrogens is 290 g/mol. The highest BCUT2D eigenvalue weighted by atomic mass is 32.1. The quantitative estimate of drug-likeness (QED) is 0.804. The number of amides is 2. The average Bonchev–Trinajstić information content (AvgIpc) is 2.87. The number of carboxylic acid groups (broad SMARTS) is 1. The van der Waals surface area contributed by atoms with Gasteiger partial charge in [0.1, 0.15) is 0 Å². The van der Waals surface area contributed by atoms with Crippen LogP contribution in [0.1, 0.15) is 35.8 Å². The molecule has 1 aromatic carbocycles. The van der Waals surface area contributed by atoms with E-state index >= 15 is 0 Å². The van der Waals surface area contributed by atoms with Gasteiger partial charge in [-0.15, -0.1) is 11.3 Å². The minimum Gasteiger partial charge on any atom is -0.478 e. The monoisotopic (exact) mass is 305 g/mol. The molecule has 1 aromatic heterocycles. The van der Waals surface area contributed by atoms with Crippen LogP contribution in [0, 0.1) is 0 Å². The first-order chi connectivity index (χ1) is 9.95. The van der Waals surface area contributed by atoms with Crippen molar-refractivity contribution < 1.29 is 14.7 Å². The Morgan fingerprint density at radius 3 is 2.67 bits per heavy atom. The van der Waals surface area contributed by atoms with Crippen LogP contribution in [0.3, 0.4) is 0 Å². The molecule has 3 N–H and O–H groups in total. The number of aromatic carboxylic acids is 1. The van der Waals surface area contributed by atoms with Crippen molar-refractivity contribution in [3.05, 3.63) is 40.9 Å². The molecule has 2 rings (SSSR count). The summed E-state index contributed by atoms with van der Waals surface area (Å²) in [5.41, 5.74) is 1.44. The first-order valence-electron chi connectivity index (χ1n) is 6.32. The highest BCUT2D eigenvalue weighted by molar-refractivity contribution is 7.13. The lowest BCUT2D eigenvalue weighted by Crippen LogP contribution is -2.19. The number of benzene rings is 1. The predicted molar refractivity (Wildman–Crippen MR) is 82.2 cm³/mol. The molecule has 0 unspecified atom stereocenters. The third-order valence-electron chi connectivity index (χ3n) is 2.70. The van der Waals surface area contributed by atoms with Crippen molar-refractivity contribution in [2.75, 3.05) is 10.6 Å². The fourth-order valence-electron chi connectivity index (χ4n) is 1.60. The number of nitrogens with zero attached hydrogens (tertiary/aromatic N) is 1. The van der Waals surface area contributed by atoms with Crippen molar-refractivity contribution in [1.29, 1.82) is 0 Å². The number of rotatable bonds is 4. The average molecular weight is 305 g/mol. The number of carbonyl (C=O) groups excluding carboxylic acids is 1. The van der Waals surface area contributed by atoms with Crippen molar-refractivity contribution in [2.24, 2.45) is 0 Å². The zero-order valence-electron chi connectivity index (χ0n) is 11.6. The molecule has 2 amide bonds. The number of aromatic nitrogens is 1. The van der Waals surface area contributed by atoms with Gasteiger partial charge in [-0.25, -0.2) is 14.6 Å². The second kappa shape index (κ2) is 6.36. The lowest BCUT2D eigenvalue weighted by atomic mass is 10.2. The van der Waals surface area contributed by atoms with Crippen LogP contribution in [0.25, 0.3) is 0 Å². The number of hydrogen-bond donors (Lipinski definition) is 3. The summed E-state index contributed by atoms with van der Waals surface area (Å²) >= 11 is 1.35. The van der Waals surface area contributed by atoms with Crippen LogP contribution in [-0.4, -0.2) is 22.1 Å². The molecule has 7 heteroatoms. The molecular formula is C14H15N3O3S. The minimum atomic E-state index is -1.04. The van der Waals surface area contributed by atoms with Crippen molar-refractivity contribution in [2.45, 2.75) is 19.8 Å². The largest absolute Gasteiger partial charge is 0.478 e. The van der Waals surface area contributed by atoms with Crippen LogP contribution in [0.2, 0.25) is 0 Å². The third kappa shape index (κ3) is 4.03. The number of anilines is 2. The smallest absolute Gasteiger partial charge is 0.335 e. The zero-order valence-corrected chi connectivity index (χ0v) is 12.4. The van der Waals surface area contributed by atoms with Gasteiger partial charge in [0.25, 0.3) is 0 Å². The Labute approximate surface area is 125 Å². The maximum Gasteiger partial charge on any atom is 0.335 e. The molecule has 21 heavy (non-hydrogen) atoms. The summed E-state index contributed by atoms with van der Waals surface area (Å²) in [6, 6.07) is 5.58. The minimum absolute atomic E-state index is 0.115. The Bertz CT molecular complexity index is 667. The van der Waals surface area contributed by atoms with Crippen molar-refractivity contribution in [3.63, 3.8) is 0 Å². The van der Waals surface area contributed by atoms with Crippen LogP contribution < -0.4 is 10.6 Å². The Morgan fingerprint density at radius 2 is 2.05 bits per heavy atom. The molecule has 0 bridgehead atoms. The molecule has 0 aliphatic rings. The number of nitrogens with one attached hydrogen (secondary N) is 2. The van der Waals surface area contributed by atoms with E-state index < -0.39 is 12.0 Å². The number of carboxylic acids is 1. The number of carbonyl (C=O) groups is 2. The van der Waals surface area contributed by atoms with Gasteiger partial charge >= 0.3 is 12.0 Å². The molecule has 0 aliphatic carbocycles. The third-order valence-corrected chi connectivity index (χ3v) is 3.48. The summed E-state index contributed by atoms with van der Waals surface area (Å²) in [4.78, 5) is 27.0. The second-order valence-corrected chi connectivity index (χ2v) is 5.56. The highest BCUT2D eigenvalue weighted by Crippen LogP contribution is 2.21. The lowest BCUT2D eigenvalue weighted by Gasteiger charge is -2.06. The van der Waals surface area contributed by atoms with Crippen molar-refractivity contribution >= 4 is 34.2 Å². The van der Waals surface area contributed by atoms with Gasteiger partial charge in [-0.3, -0.25) is 5.32 Å². The fourth-order valence-corrected chi connectivity index (χ4v) is 2.47. The number of urea groups is 1. The van der Waals surface area contributed by atoms with E-state index in [1.54, 1.807) is 12.1 Å². The van der Waals surface area contributed by atoms with Gasteiger partial charge in [-0.1, -0.05) is 19.9 Å². The van der Waals surface area contributed by atoms with E-state index in [4.69, 9.17) is 5.11 Å². The van der Waals surface area contributed by atoms with Gasteiger partial charge in [0.2, 0.25) is 0 Å². The summed E-state index contributed by atoms with van der Waals surface area (Å²) < 4.78 is 0. The fraction of sp³-hybridized carbons (Fsp3) is 0.214. The van der Waals surface area contributed by atoms with Crippen LogP contribution in [0.5, 0.6) is 0 Å². The molecule has 0 saturated heterocycles. The van der Waals surface area contributed by atoms with Crippen LogP contribution in [0.15, 0.2) is 29.6 Å². The standard InChI is InChI=1S/C14H15N3O3S/c1-8(2)11-7-21-14(16-11)17-13(20)15-10-5-3-4-9(6-10)12(18)19/h3-8H,1-2H3,(H,18,19)(H2,15,16,17,20). The molecule has 6 nitrogen and oxygen atoms in total. The van der Waals surface area contributed by atoms with E-state index in [0.29, 0.717) is 16.7 Å². The molecule has 0 radical (unpaired) electrons. The van der Waals surface area contributed by atoms with Crippen LogP contribution in [0.4, 0.5) is 15.6 Å². The normalized spacial score (nSPS) is 10.4. The van der Waals surface area contributed by atoms with Gasteiger partial charge in [-0.2, -0.15) is 0 Å². The summed E-state index contributed by atoms with van der Waals surface area (Å²) in [7, 11) is 0. The summed E-state index contributed by atoms with van der Waals surface area (Å²) in [5.74, 6) is -0.743. The SMILES string of the molecule is CC(C)c1csc(NC(=O)Nc2cccc(C(=O)O)c2)n1. The molecule has 110 valence electrons. The van der Waals surface area contributed by atoms with Crippen LogP contribution in [-0.2, 0) is 0 Å². The van der Waals surface area contributed by atoms with E-state index in [-0.39, 0.29) is 5.56 Å². The highest BCUT2D eigenvalue weighted by Gasteiger charge is 2.10. The Balaban J connectivity index is 2.01. The summed E-state index contributed by atoms with van der Waals surface area (Å²) in [6.45, 7) is 4.05. The van der Waals surface area contributed by atoms with E-state index in [0.717, 1.165) is 5.69 Å². The summed E-state index contributed by atoms with van der Waals surface area (Å²) in [6.07, 6.45) is 0. The number of thiazole rings is 1. The van der Waals surface area contributed by atoms with Gasteiger partial charge in [0.05, 0.1) is 11.3 Å². The Kier molecular flexibility index (Phi) is 4.54. The van der Waals surface area contributed by atoms with Crippen LogP contribution >= 0.6 is 11.3 Å². The van der Waals surface area contributed by atoms with Gasteiger partial charge in [-0.05, 0) is 24.1 Å². The van der Waals surface area contributed by atoms with E-state index in [1.807, 2.05) is 19.2 Å². The topological polar surface area (TPSA) is 91.3 Å². The lowest BCUT2D eigenvalue weighted by molar-refractivity contribution is 0.0697. The van der Waals surface area contributed by atoms with Gasteiger partial charge < -0.3 is 10.4 Å². The maximum absolute atomic E-state index is 11.8. The maximum atomic E-state index is 11.8. The molecule has 0 aliphatic heterocycles. The Morgan fingerprint density at radius 1 is 1.29 bits per heavy atom. The number of hydrogen-bond acceptors (Lipinski definition) is 4. The molecule has 0 spiro atoms. The molecule has 0 atom stereocenters. The Hall–Kier alpha value is -2.41. The molecule has 0 saturated carbocycles. The van der Waals surface area contributed by atoms with E-state index in [1.165, 1.54) is 23.5 Å². The van der Waals surface area contributed by atoms with Gasteiger partial charge in [0.15, 0.2) is 5.13 Å². The molecule has 0 fully saturated rings. The molecule has 1 heterocycles. The van der Waals surface area contributed by atoms with E-state index in [2.05, 4.69) is 15.6 Å².